The Morgan fingerprint density at radius 1 is 0.793 bits per heavy atom. The van der Waals surface area contributed by atoms with Crippen molar-refractivity contribution in [3.05, 3.63) is 73.8 Å². The second-order valence-corrected chi connectivity index (χ2v) is 12.1. The molecule has 7 nitrogen and oxygen atoms in total. The molecule has 0 aliphatic heterocycles. The number of hydrogen-bond donors (Lipinski definition) is 1. The summed E-state index contributed by atoms with van der Waals surface area (Å²) in [6.07, 6.45) is 0. The van der Waals surface area contributed by atoms with E-state index in [-0.39, 0.29) is 17.1 Å². The maximum absolute atomic E-state index is 11.2. The summed E-state index contributed by atoms with van der Waals surface area (Å²) in [6, 6.07) is 10.4. The predicted molar refractivity (Wildman–Crippen MR) is 96.4 cm³/mol. The molecule has 0 fully saturated rings. The summed E-state index contributed by atoms with van der Waals surface area (Å²) < 4.78 is 59.6. The van der Waals surface area contributed by atoms with Crippen LogP contribution < -0.4 is 0 Å². The number of phenolic OH excluding ortho intramolecular Hbond substituents is 1. The molecule has 0 heterocycles. The van der Waals surface area contributed by atoms with Crippen LogP contribution in [0.2, 0.25) is 0 Å². The van der Waals surface area contributed by atoms with Crippen LogP contribution in [0.5, 0.6) is 5.75 Å². The predicted octanol–water partition coefficient (Wildman–Crippen LogP) is 4.86. The second-order valence-electron chi connectivity index (χ2n) is 5.54. The van der Waals surface area contributed by atoms with Gasteiger partial charge in [0, 0.05) is 23.3 Å². The number of rotatable bonds is 6. The minimum absolute atomic E-state index is 0.190. The van der Waals surface area contributed by atoms with Crippen LogP contribution in [0.25, 0.3) is 0 Å². The van der Waals surface area contributed by atoms with E-state index < -0.39 is 29.3 Å². The fourth-order valence-electron chi connectivity index (χ4n) is 1.87. The molecule has 1 N–H and O–H groups in total. The molecule has 29 heavy (non-hydrogen) atoms. The van der Waals surface area contributed by atoms with Gasteiger partial charge < -0.3 is 5.11 Å². The van der Waals surface area contributed by atoms with E-state index in [1.165, 1.54) is 12.1 Å². The average Bonchev–Trinajstić information content (AvgIpc) is 2.53. The Hall–Kier alpha value is -2.21. The minimum atomic E-state index is -11.2. The summed E-state index contributed by atoms with van der Waals surface area (Å²) >= 11 is -10.3. The summed E-state index contributed by atoms with van der Waals surface area (Å²) in [5, 5.41) is 30.8. The fraction of sp³-hybridized carbons (Fsp3) is 0.143. The molecular weight excluding hydrogens is 544 g/mol. The zero-order valence-corrected chi connectivity index (χ0v) is 17.5. The second kappa shape index (κ2) is 8.26. The summed E-state index contributed by atoms with van der Waals surface area (Å²) in [7, 11) is 0. The first-order chi connectivity index (χ1) is 12.9. The molecule has 0 radical (unpaired) electrons. The summed E-state index contributed by atoms with van der Waals surface area (Å²) in [5.74, 6) is 1.36. The fourth-order valence-corrected chi connectivity index (χ4v) is 2.90. The Bertz CT molecular complexity index is 866. The van der Waals surface area contributed by atoms with Gasteiger partial charge in [-0.2, -0.15) is 0 Å². The van der Waals surface area contributed by atoms with E-state index in [2.05, 4.69) is 0 Å². The number of phenols is 1. The zero-order chi connectivity index (χ0) is 22.5. The number of non-ortho nitro benzene ring substituents is 2. The van der Waals surface area contributed by atoms with Gasteiger partial charge in [0.05, 0.1) is 15.9 Å². The van der Waals surface area contributed by atoms with Crippen molar-refractivity contribution in [3.8, 4) is 5.75 Å². The third-order valence-electron chi connectivity index (χ3n) is 2.91. The average molecular weight is 557 g/mol. The number of hydrogen-bond acceptors (Lipinski definition) is 5. The van der Waals surface area contributed by atoms with E-state index in [4.69, 9.17) is 0 Å². The molecule has 15 heteroatoms. The van der Waals surface area contributed by atoms with E-state index in [9.17, 15) is 42.2 Å². The van der Waals surface area contributed by atoms with Gasteiger partial charge >= 0.3 is 36.4 Å². The van der Waals surface area contributed by atoms with Crippen LogP contribution in [0, 0.1) is 20.2 Å². The van der Waals surface area contributed by atoms with Crippen molar-refractivity contribution in [1.82, 2.24) is 0 Å². The van der Waals surface area contributed by atoms with Gasteiger partial charge in [0.1, 0.15) is 17.3 Å². The van der Waals surface area contributed by atoms with Gasteiger partial charge in [0.15, 0.2) is 0 Å². The molecule has 0 aliphatic rings. The van der Waals surface area contributed by atoms with Crippen LogP contribution in [-0.2, 0) is 23.3 Å². The number of thiol groups is 1. The van der Waals surface area contributed by atoms with E-state index in [0.29, 0.717) is 17.1 Å². The molecule has 0 aliphatic carbocycles. The van der Waals surface area contributed by atoms with Gasteiger partial charge in [-0.15, -0.1) is 0 Å². The third kappa shape index (κ3) is 12.8. The van der Waals surface area contributed by atoms with Crippen molar-refractivity contribution in [1.29, 1.82) is 0 Å². The molecule has 0 saturated heterocycles. The standard InChI is InChI=1S/C14H12N2O5S.6FH.Sb/c17-14-3-1-10(2-4-14)8-22-9-11-5-12(15(18)19)7-13(6-11)16(20)21;;;;;;;/h1-7,17H,8-9H2;6*1H;/q;;;;;;;+5/p-5. The summed E-state index contributed by atoms with van der Waals surface area (Å²) in [5.41, 5.74) is 1.02. The zero-order valence-electron chi connectivity index (χ0n) is 14.1. The summed E-state index contributed by atoms with van der Waals surface area (Å²) in [4.78, 5) is 20.4. The quantitative estimate of drug-likeness (QED) is 0.136. The van der Waals surface area contributed by atoms with Crippen LogP contribution in [0.4, 0.5) is 28.3 Å². The van der Waals surface area contributed by atoms with Gasteiger partial charge in [-0.25, -0.2) is 0 Å². The van der Waals surface area contributed by atoms with Gasteiger partial charge in [0.25, 0.3) is 11.4 Å². The van der Waals surface area contributed by atoms with Gasteiger partial charge in [0.2, 0.25) is 0 Å². The molecule has 0 unspecified atom stereocenters. The molecule has 2 rings (SSSR count). The van der Waals surface area contributed by atoms with E-state index in [1.807, 2.05) is 0 Å². The molecule has 0 amide bonds. The first-order valence-corrected chi connectivity index (χ1v) is 14.4. The van der Waals surface area contributed by atoms with Crippen molar-refractivity contribution in [3.63, 3.8) is 0 Å². The number of benzene rings is 2. The van der Waals surface area contributed by atoms with E-state index in [0.717, 1.165) is 23.4 Å². The van der Waals surface area contributed by atoms with Crippen molar-refractivity contribution in [2.24, 2.45) is 0 Å². The van der Waals surface area contributed by atoms with Crippen molar-refractivity contribution < 1.29 is 31.8 Å². The van der Waals surface area contributed by atoms with Crippen LogP contribution in [0.15, 0.2) is 42.5 Å². The molecule has 2 aromatic rings. The number of halogens is 6. The molecule has 0 bridgehead atoms. The molecule has 162 valence electrons. The molecule has 2 aromatic carbocycles. The molecular formula is C14H13F6N2O5SSb. The van der Waals surface area contributed by atoms with Crippen LogP contribution in [-0.4, -0.2) is 34.4 Å². The first-order valence-electron chi connectivity index (χ1n) is 7.31. The number of nitro benzene ring substituents is 2. The number of aromatic hydroxyl groups is 1. The molecule has 0 aromatic heterocycles. The van der Waals surface area contributed by atoms with E-state index >= 15 is 0 Å². The Kier molecular flexibility index (Phi) is 7.07. The van der Waals surface area contributed by atoms with Crippen LogP contribution in [0.3, 0.4) is 0 Å². The number of nitrogens with zero attached hydrogens (tertiary/aromatic N) is 2. The molecule has 0 spiro atoms. The monoisotopic (exact) mass is 556 g/mol. The third-order valence-corrected chi connectivity index (χ3v) is 4.09. The van der Waals surface area contributed by atoms with Crippen LogP contribution in [0.1, 0.15) is 11.1 Å². The van der Waals surface area contributed by atoms with Gasteiger partial charge in [-0.1, -0.05) is 12.1 Å². The van der Waals surface area contributed by atoms with Crippen molar-refractivity contribution in [2.45, 2.75) is 11.5 Å². The topological polar surface area (TPSA) is 107 Å². The summed E-state index contributed by atoms with van der Waals surface area (Å²) in [6.45, 7) is 0. The SMILES string of the molecule is O=[N+]([O-])c1cc(C[SH+]Cc2ccc(O)cc2)cc([N+](=O)[O-])c1.[F][Sb-]([F])([F])([F])([F])[F]. The maximum atomic E-state index is 10.8. The van der Waals surface area contributed by atoms with Crippen molar-refractivity contribution >= 4 is 42.6 Å². The Balaban J connectivity index is 0.000000516. The van der Waals surface area contributed by atoms with Crippen LogP contribution >= 0.6 is 0 Å². The number of nitro groups is 2. The first kappa shape index (κ1) is 24.8. The Labute approximate surface area is 165 Å². The van der Waals surface area contributed by atoms with E-state index in [1.54, 1.807) is 24.3 Å². The molecule has 0 atom stereocenters. The van der Waals surface area contributed by atoms with Gasteiger partial charge in [-0.3, -0.25) is 20.2 Å². The Morgan fingerprint density at radius 3 is 1.55 bits per heavy atom. The van der Waals surface area contributed by atoms with Gasteiger partial charge in [-0.05, 0) is 23.9 Å². The Morgan fingerprint density at radius 2 is 1.17 bits per heavy atom. The molecule has 0 saturated carbocycles. The van der Waals surface area contributed by atoms with Crippen molar-refractivity contribution in [2.75, 3.05) is 0 Å². The normalized spacial score (nSPS) is 13.4.